The number of rotatable bonds is 9. The molecule has 0 aliphatic carbocycles. The second kappa shape index (κ2) is 7.58. The summed E-state index contributed by atoms with van der Waals surface area (Å²) in [7, 11) is -7.17. The molecule has 3 rings (SSSR count). The lowest BCUT2D eigenvalue weighted by molar-refractivity contribution is -0.114. The minimum Gasteiger partial charge on any atom is -0.286 e. The zero-order valence-electron chi connectivity index (χ0n) is 11.1. The van der Waals surface area contributed by atoms with Crippen LogP contribution in [0.5, 0.6) is 0 Å². The second-order valence-electron chi connectivity index (χ2n) is 4.53. The summed E-state index contributed by atoms with van der Waals surface area (Å²) in [6.07, 6.45) is 0. The summed E-state index contributed by atoms with van der Waals surface area (Å²) in [6.45, 7) is 0.314. The first-order chi connectivity index (χ1) is 9.95. The van der Waals surface area contributed by atoms with Gasteiger partial charge in [-0.2, -0.15) is 0 Å². The van der Waals surface area contributed by atoms with Gasteiger partial charge in [0.25, 0.3) is 0 Å². The van der Waals surface area contributed by atoms with Crippen LogP contribution in [0, 0.1) is 5.41 Å². The van der Waals surface area contributed by atoms with E-state index in [1.165, 1.54) is 0 Å². The number of hydrogen-bond donors (Lipinski definition) is 0. The van der Waals surface area contributed by atoms with E-state index in [0.29, 0.717) is 0 Å². The first-order valence-electron chi connectivity index (χ1n) is 6.14. The van der Waals surface area contributed by atoms with Crippen LogP contribution in [0.25, 0.3) is 0 Å². The van der Waals surface area contributed by atoms with Gasteiger partial charge in [0.15, 0.2) is 0 Å². The van der Waals surface area contributed by atoms with E-state index in [2.05, 4.69) is 0 Å². The summed E-state index contributed by atoms with van der Waals surface area (Å²) < 4.78 is 54.4. The summed E-state index contributed by atoms with van der Waals surface area (Å²) in [5.74, 6) is 0.280. The molecule has 8 nitrogen and oxygen atoms in total. The number of phosphoric ester groups is 2. The minimum atomic E-state index is -3.78. The molecule has 3 aliphatic heterocycles. The Morgan fingerprint density at radius 1 is 1.00 bits per heavy atom. The van der Waals surface area contributed by atoms with Gasteiger partial charge >= 0.3 is 15.6 Å². The maximum absolute atomic E-state index is 12.3. The number of phosphoric acid groups is 2. The molecule has 3 saturated heterocycles. The second-order valence-corrected chi connectivity index (χ2v) is 8.63. The number of alkyl halides is 2. The molecule has 0 atom stereocenters. The van der Waals surface area contributed by atoms with Crippen LogP contribution >= 0.6 is 38.8 Å². The molecule has 124 valence electrons. The Kier molecular flexibility index (Phi) is 6.55. The van der Waals surface area contributed by atoms with Crippen molar-refractivity contribution in [1.82, 2.24) is 0 Å². The summed E-state index contributed by atoms with van der Waals surface area (Å²) in [5.41, 5.74) is -0.698. The number of fused-ring (bicyclic) bond motifs is 3. The molecule has 12 heteroatoms. The molecule has 0 aromatic rings. The fraction of sp³-hybridized carbons (Fsp3) is 1.00. The average Bonchev–Trinajstić information content (AvgIpc) is 2.51. The van der Waals surface area contributed by atoms with E-state index in [1.807, 2.05) is 0 Å². The highest BCUT2D eigenvalue weighted by atomic mass is 35.5. The molecule has 3 aliphatic rings. The Bertz CT molecular complexity index is 404. The van der Waals surface area contributed by atoms with Gasteiger partial charge in [0.05, 0.1) is 45.1 Å². The number of hydrogen-bond acceptors (Lipinski definition) is 8. The molecule has 3 fully saturated rings. The van der Waals surface area contributed by atoms with Gasteiger partial charge in [0.1, 0.15) is 0 Å². The van der Waals surface area contributed by atoms with Gasteiger partial charge in [0.2, 0.25) is 0 Å². The van der Waals surface area contributed by atoms with Crippen molar-refractivity contribution in [3.63, 3.8) is 0 Å². The van der Waals surface area contributed by atoms with Crippen molar-refractivity contribution >= 4 is 38.8 Å². The summed E-state index contributed by atoms with van der Waals surface area (Å²) >= 11 is 11.0. The zero-order valence-corrected chi connectivity index (χ0v) is 14.4. The van der Waals surface area contributed by atoms with E-state index in [0.717, 1.165) is 0 Å². The van der Waals surface area contributed by atoms with Crippen LogP contribution < -0.4 is 0 Å². The fourth-order valence-electron chi connectivity index (χ4n) is 1.63. The molecule has 2 bridgehead atoms. The van der Waals surface area contributed by atoms with E-state index in [4.69, 9.17) is 50.3 Å². The first-order valence-corrected chi connectivity index (χ1v) is 10.1. The van der Waals surface area contributed by atoms with E-state index < -0.39 is 21.1 Å². The maximum atomic E-state index is 12.3. The van der Waals surface area contributed by atoms with Crippen molar-refractivity contribution < 1.29 is 36.3 Å². The van der Waals surface area contributed by atoms with Crippen LogP contribution in [0.1, 0.15) is 0 Å². The van der Waals surface area contributed by atoms with Crippen LogP contribution in [-0.2, 0) is 36.3 Å². The van der Waals surface area contributed by atoms with Crippen LogP contribution in [0.3, 0.4) is 0 Å². The molecule has 0 aromatic heterocycles. The van der Waals surface area contributed by atoms with Crippen molar-refractivity contribution in [1.29, 1.82) is 0 Å². The van der Waals surface area contributed by atoms with Gasteiger partial charge < -0.3 is 0 Å². The Morgan fingerprint density at radius 2 is 1.48 bits per heavy atom. The highest BCUT2D eigenvalue weighted by molar-refractivity contribution is 7.48. The van der Waals surface area contributed by atoms with E-state index in [9.17, 15) is 9.13 Å². The summed E-state index contributed by atoms with van der Waals surface area (Å²) in [4.78, 5) is 0. The lowest BCUT2D eigenvalue weighted by atomic mass is 9.93. The van der Waals surface area contributed by atoms with Crippen LogP contribution in [0.15, 0.2) is 0 Å². The zero-order chi connectivity index (χ0) is 15.4. The molecule has 21 heavy (non-hydrogen) atoms. The van der Waals surface area contributed by atoms with E-state index in [-0.39, 0.29) is 51.4 Å². The predicted molar refractivity (Wildman–Crippen MR) is 74.8 cm³/mol. The van der Waals surface area contributed by atoms with Crippen molar-refractivity contribution in [2.45, 2.75) is 0 Å². The topological polar surface area (TPSA) is 89.5 Å². The standard InChI is InChI=1S/C9H16Cl2O8P2/c10-1-3-14-20(12,15-4-2-11)16-5-9-6-17-21(13,18-7-9)19-8-9/h1-8H2. The van der Waals surface area contributed by atoms with Gasteiger partial charge in [-0.05, 0) is 0 Å². The highest BCUT2D eigenvalue weighted by Crippen LogP contribution is 2.61. The Morgan fingerprint density at radius 3 is 1.90 bits per heavy atom. The molecule has 0 radical (unpaired) electrons. The van der Waals surface area contributed by atoms with Gasteiger partial charge in [-0.15, -0.1) is 23.2 Å². The van der Waals surface area contributed by atoms with E-state index >= 15 is 0 Å². The third kappa shape index (κ3) is 4.88. The Balaban J connectivity index is 1.91. The average molecular weight is 385 g/mol. The smallest absolute Gasteiger partial charge is 0.286 e. The van der Waals surface area contributed by atoms with Gasteiger partial charge in [-0.25, -0.2) is 9.13 Å². The predicted octanol–water partition coefficient (Wildman–Crippen LogP) is 2.79. The minimum absolute atomic E-state index is 0.00677. The number of halogens is 2. The molecule has 3 heterocycles. The third-order valence-electron chi connectivity index (χ3n) is 2.77. The van der Waals surface area contributed by atoms with Crippen LogP contribution in [0.4, 0.5) is 0 Å². The van der Waals surface area contributed by atoms with Crippen LogP contribution in [-0.4, -0.2) is 51.4 Å². The molecule has 0 amide bonds. The summed E-state index contributed by atoms with van der Waals surface area (Å²) in [6, 6.07) is 0. The van der Waals surface area contributed by atoms with Crippen molar-refractivity contribution in [3.8, 4) is 0 Å². The Hall–Kier alpha value is 0.800. The molecule has 0 aromatic carbocycles. The quantitative estimate of drug-likeness (QED) is 0.442. The molecule has 0 unspecified atom stereocenters. The normalized spacial score (nSPS) is 32.5. The summed E-state index contributed by atoms with van der Waals surface area (Å²) in [5, 5.41) is 0. The molecular formula is C9H16Cl2O8P2. The van der Waals surface area contributed by atoms with Gasteiger partial charge in [-0.3, -0.25) is 27.1 Å². The lowest BCUT2D eigenvalue weighted by Crippen LogP contribution is -2.47. The SMILES string of the molecule is O=P(OCCCl)(OCCCl)OCC12COP(=O)(OC1)OC2. The Labute approximate surface area is 132 Å². The molecule has 0 N–H and O–H groups in total. The van der Waals surface area contributed by atoms with Gasteiger partial charge in [-0.1, -0.05) is 0 Å². The fourth-order valence-corrected chi connectivity index (χ4v) is 4.80. The van der Waals surface area contributed by atoms with Crippen molar-refractivity contribution in [2.24, 2.45) is 5.41 Å². The maximum Gasteiger partial charge on any atom is 0.474 e. The van der Waals surface area contributed by atoms with Crippen LogP contribution in [0.2, 0.25) is 0 Å². The first kappa shape index (κ1) is 18.1. The van der Waals surface area contributed by atoms with Crippen molar-refractivity contribution in [2.75, 3.05) is 51.4 Å². The molecule has 0 spiro atoms. The third-order valence-corrected chi connectivity index (χ3v) is 5.86. The van der Waals surface area contributed by atoms with E-state index in [1.54, 1.807) is 0 Å². The molecule has 0 saturated carbocycles. The van der Waals surface area contributed by atoms with Gasteiger partial charge in [0, 0.05) is 11.8 Å². The highest BCUT2D eigenvalue weighted by Gasteiger charge is 2.51. The largest absolute Gasteiger partial charge is 0.474 e. The van der Waals surface area contributed by atoms with Crippen molar-refractivity contribution in [3.05, 3.63) is 0 Å². The molecular weight excluding hydrogens is 369 g/mol. The monoisotopic (exact) mass is 384 g/mol. The lowest BCUT2D eigenvalue weighted by Gasteiger charge is -2.43.